The summed E-state index contributed by atoms with van der Waals surface area (Å²) in [4.78, 5) is 2.32. The molecule has 5 nitrogen and oxygen atoms in total. The van der Waals surface area contributed by atoms with E-state index in [4.69, 9.17) is 5.73 Å². The monoisotopic (exact) mass is 287 g/mol. The van der Waals surface area contributed by atoms with Gasteiger partial charge in [-0.05, 0) is 44.5 Å². The minimum atomic E-state index is 0.729. The van der Waals surface area contributed by atoms with Gasteiger partial charge in [0.05, 0.1) is 11.4 Å². The largest absolute Gasteiger partial charge is 0.394 e. The highest BCUT2D eigenvalue weighted by Gasteiger charge is 2.12. The van der Waals surface area contributed by atoms with Crippen LogP contribution < -0.4 is 16.0 Å². The van der Waals surface area contributed by atoms with Gasteiger partial charge in [-0.2, -0.15) is 5.10 Å². The molecule has 0 saturated heterocycles. The van der Waals surface area contributed by atoms with Gasteiger partial charge in [-0.15, -0.1) is 0 Å². The van der Waals surface area contributed by atoms with Gasteiger partial charge in [-0.3, -0.25) is 4.68 Å². The van der Waals surface area contributed by atoms with Crippen LogP contribution in [0.15, 0.2) is 24.3 Å². The van der Waals surface area contributed by atoms with Crippen molar-refractivity contribution in [3.05, 3.63) is 30.0 Å². The number of anilines is 4. The zero-order valence-corrected chi connectivity index (χ0v) is 13.3. The van der Waals surface area contributed by atoms with Crippen molar-refractivity contribution in [2.24, 2.45) is 7.05 Å². The van der Waals surface area contributed by atoms with Crippen LogP contribution in [0.2, 0.25) is 0 Å². The van der Waals surface area contributed by atoms with Gasteiger partial charge in [-0.1, -0.05) is 6.92 Å². The fourth-order valence-corrected chi connectivity index (χ4v) is 2.49. The van der Waals surface area contributed by atoms with Gasteiger partial charge in [0.25, 0.3) is 0 Å². The minimum absolute atomic E-state index is 0.729. The molecule has 0 fully saturated rings. The Morgan fingerprint density at radius 3 is 2.24 bits per heavy atom. The molecule has 0 spiro atoms. The molecular formula is C16H25N5. The summed E-state index contributed by atoms with van der Waals surface area (Å²) in [6.45, 7) is 8.41. The van der Waals surface area contributed by atoms with Crippen molar-refractivity contribution < 1.29 is 0 Å². The molecule has 0 aliphatic heterocycles. The molecule has 3 N–H and O–H groups in total. The molecule has 0 aliphatic rings. The number of nitrogens with two attached hydrogens (primary N) is 1. The maximum absolute atomic E-state index is 6.13. The SMILES string of the molecule is CCc1nn(C)c(Nc2ccc(N(CC)CC)cc2)c1N. The van der Waals surface area contributed by atoms with Crippen molar-refractivity contribution in [1.29, 1.82) is 0 Å². The van der Waals surface area contributed by atoms with Gasteiger partial charge in [0, 0.05) is 31.5 Å². The summed E-state index contributed by atoms with van der Waals surface area (Å²) in [6, 6.07) is 8.41. The predicted molar refractivity (Wildman–Crippen MR) is 90.3 cm³/mol. The molecule has 0 bridgehead atoms. The highest BCUT2D eigenvalue weighted by molar-refractivity contribution is 5.72. The van der Waals surface area contributed by atoms with Crippen LogP contribution in [0.25, 0.3) is 0 Å². The summed E-state index contributed by atoms with van der Waals surface area (Å²) >= 11 is 0. The van der Waals surface area contributed by atoms with Gasteiger partial charge in [0.1, 0.15) is 0 Å². The molecule has 0 radical (unpaired) electrons. The Kier molecular flexibility index (Phi) is 4.73. The first-order valence-electron chi connectivity index (χ1n) is 7.54. The molecule has 114 valence electrons. The molecule has 2 rings (SSSR count). The van der Waals surface area contributed by atoms with Gasteiger partial charge < -0.3 is 16.0 Å². The Bertz CT molecular complexity index is 581. The molecule has 1 aromatic heterocycles. The number of aryl methyl sites for hydroxylation is 2. The Balaban J connectivity index is 2.19. The van der Waals surface area contributed by atoms with E-state index in [0.717, 1.165) is 42.4 Å². The molecule has 21 heavy (non-hydrogen) atoms. The van der Waals surface area contributed by atoms with E-state index in [2.05, 4.69) is 60.4 Å². The number of nitrogens with zero attached hydrogens (tertiary/aromatic N) is 3. The van der Waals surface area contributed by atoms with Crippen LogP contribution >= 0.6 is 0 Å². The van der Waals surface area contributed by atoms with E-state index in [1.54, 1.807) is 4.68 Å². The first-order valence-corrected chi connectivity index (χ1v) is 7.54. The second-order valence-corrected chi connectivity index (χ2v) is 5.03. The van der Waals surface area contributed by atoms with Crippen LogP contribution in [0, 0.1) is 0 Å². The van der Waals surface area contributed by atoms with Gasteiger partial charge >= 0.3 is 0 Å². The lowest BCUT2D eigenvalue weighted by atomic mass is 10.2. The number of aromatic nitrogens is 2. The fourth-order valence-electron chi connectivity index (χ4n) is 2.49. The maximum atomic E-state index is 6.13. The summed E-state index contributed by atoms with van der Waals surface area (Å²) in [5, 5.41) is 7.77. The number of hydrogen-bond donors (Lipinski definition) is 2. The summed E-state index contributed by atoms with van der Waals surface area (Å²) in [5.74, 6) is 0.849. The van der Waals surface area contributed by atoms with E-state index in [1.165, 1.54) is 5.69 Å². The van der Waals surface area contributed by atoms with Crippen molar-refractivity contribution in [1.82, 2.24) is 9.78 Å². The summed E-state index contributed by atoms with van der Waals surface area (Å²) in [7, 11) is 1.90. The zero-order valence-electron chi connectivity index (χ0n) is 13.3. The van der Waals surface area contributed by atoms with Crippen molar-refractivity contribution in [2.45, 2.75) is 27.2 Å². The van der Waals surface area contributed by atoms with Crippen LogP contribution in [0.4, 0.5) is 22.9 Å². The smallest absolute Gasteiger partial charge is 0.152 e. The molecule has 2 aromatic rings. The normalized spacial score (nSPS) is 10.7. The van der Waals surface area contributed by atoms with Crippen LogP contribution in [0.1, 0.15) is 26.5 Å². The lowest BCUT2D eigenvalue weighted by Crippen LogP contribution is -2.21. The zero-order chi connectivity index (χ0) is 15.4. The Morgan fingerprint density at radius 1 is 1.14 bits per heavy atom. The molecule has 0 atom stereocenters. The topological polar surface area (TPSA) is 59.1 Å². The fraction of sp³-hybridized carbons (Fsp3) is 0.438. The maximum Gasteiger partial charge on any atom is 0.152 e. The standard InChI is InChI=1S/C16H25N5/c1-5-14-15(17)16(20(4)19-14)18-12-8-10-13(11-9-12)21(6-2)7-3/h8-11,18H,5-7,17H2,1-4H3. The molecular weight excluding hydrogens is 262 g/mol. The second kappa shape index (κ2) is 6.52. The highest BCUT2D eigenvalue weighted by atomic mass is 15.3. The first-order chi connectivity index (χ1) is 10.1. The lowest BCUT2D eigenvalue weighted by molar-refractivity contribution is 0.753. The second-order valence-electron chi connectivity index (χ2n) is 5.03. The van der Waals surface area contributed by atoms with E-state index >= 15 is 0 Å². The van der Waals surface area contributed by atoms with Gasteiger partial charge in [0.15, 0.2) is 5.82 Å². The number of benzene rings is 1. The highest BCUT2D eigenvalue weighted by Crippen LogP contribution is 2.27. The number of nitrogens with one attached hydrogen (secondary N) is 1. The predicted octanol–water partition coefficient (Wildman–Crippen LogP) is 3.15. The van der Waals surface area contributed by atoms with E-state index < -0.39 is 0 Å². The Morgan fingerprint density at radius 2 is 1.76 bits per heavy atom. The van der Waals surface area contributed by atoms with E-state index in [0.29, 0.717) is 0 Å². The Hall–Kier alpha value is -2.17. The minimum Gasteiger partial charge on any atom is -0.394 e. The molecule has 5 heteroatoms. The van der Waals surface area contributed by atoms with E-state index in [-0.39, 0.29) is 0 Å². The number of rotatable bonds is 6. The molecule has 0 amide bonds. The molecule has 1 aromatic carbocycles. The van der Waals surface area contributed by atoms with Crippen molar-refractivity contribution in [3.63, 3.8) is 0 Å². The third kappa shape index (κ3) is 3.12. The number of nitrogen functional groups attached to an aromatic ring is 1. The average molecular weight is 287 g/mol. The quantitative estimate of drug-likeness (QED) is 0.857. The van der Waals surface area contributed by atoms with Crippen LogP contribution in [0.3, 0.4) is 0 Å². The Labute approximate surface area is 126 Å². The van der Waals surface area contributed by atoms with Crippen LogP contribution in [-0.4, -0.2) is 22.9 Å². The van der Waals surface area contributed by atoms with Crippen molar-refractivity contribution in [2.75, 3.05) is 29.0 Å². The van der Waals surface area contributed by atoms with Crippen LogP contribution in [0.5, 0.6) is 0 Å². The molecule has 0 aliphatic carbocycles. The molecule has 0 unspecified atom stereocenters. The summed E-state index contributed by atoms with van der Waals surface area (Å²) in [6.07, 6.45) is 0.836. The molecule has 0 saturated carbocycles. The van der Waals surface area contributed by atoms with Gasteiger partial charge in [-0.25, -0.2) is 0 Å². The summed E-state index contributed by atoms with van der Waals surface area (Å²) in [5.41, 5.74) is 10.0. The third-order valence-electron chi connectivity index (χ3n) is 3.75. The van der Waals surface area contributed by atoms with Crippen molar-refractivity contribution in [3.8, 4) is 0 Å². The van der Waals surface area contributed by atoms with Gasteiger partial charge in [0.2, 0.25) is 0 Å². The summed E-state index contributed by atoms with van der Waals surface area (Å²) < 4.78 is 1.80. The van der Waals surface area contributed by atoms with Crippen molar-refractivity contribution >= 4 is 22.9 Å². The molecule has 1 heterocycles. The average Bonchev–Trinajstić information content (AvgIpc) is 2.77. The first kappa shape index (κ1) is 15.2. The third-order valence-corrected chi connectivity index (χ3v) is 3.75. The van der Waals surface area contributed by atoms with E-state index in [1.807, 2.05) is 7.05 Å². The van der Waals surface area contributed by atoms with Crippen LogP contribution in [-0.2, 0) is 13.5 Å². The lowest BCUT2D eigenvalue weighted by Gasteiger charge is -2.21. The van der Waals surface area contributed by atoms with E-state index in [9.17, 15) is 0 Å². The number of hydrogen-bond acceptors (Lipinski definition) is 4.